The van der Waals surface area contributed by atoms with Crippen molar-refractivity contribution in [3.05, 3.63) is 57.0 Å². The van der Waals surface area contributed by atoms with E-state index < -0.39 is 0 Å². The van der Waals surface area contributed by atoms with Gasteiger partial charge in [-0.1, -0.05) is 23.7 Å². The average molecular weight is 340 g/mol. The Balaban J connectivity index is 2.46. The van der Waals surface area contributed by atoms with Gasteiger partial charge in [-0.25, -0.2) is 0 Å². The Morgan fingerprint density at radius 3 is 2.68 bits per heavy atom. The fourth-order valence-electron chi connectivity index (χ4n) is 1.67. The molecule has 2 aromatic rings. The van der Waals surface area contributed by atoms with Crippen LogP contribution >= 0.6 is 27.5 Å². The first kappa shape index (κ1) is 13.9. The number of hydrogen-bond donors (Lipinski definition) is 2. The second-order valence-electron chi connectivity index (χ2n) is 4.04. The molecule has 0 atom stereocenters. The largest absolute Gasteiger partial charge is 0.455 e. The van der Waals surface area contributed by atoms with E-state index in [1.807, 2.05) is 19.1 Å². The van der Waals surface area contributed by atoms with Crippen molar-refractivity contribution in [3.63, 3.8) is 0 Å². The number of para-hydroxylation sites is 1. The van der Waals surface area contributed by atoms with Gasteiger partial charge in [0.2, 0.25) is 0 Å². The van der Waals surface area contributed by atoms with Crippen LogP contribution in [0.2, 0.25) is 5.02 Å². The molecule has 0 aliphatic heterocycles. The molecule has 0 saturated heterocycles. The average Bonchev–Trinajstić information content (AvgIpc) is 2.34. The quantitative estimate of drug-likeness (QED) is 0.639. The molecule has 98 valence electrons. The Labute approximate surface area is 125 Å². The highest BCUT2D eigenvalue weighted by Crippen LogP contribution is 2.34. The third-order valence-electron chi connectivity index (χ3n) is 2.61. The maximum atomic E-state index is 7.59. The van der Waals surface area contributed by atoms with Gasteiger partial charge in [-0.3, -0.25) is 5.41 Å². The van der Waals surface area contributed by atoms with Crippen LogP contribution in [0.25, 0.3) is 0 Å². The molecule has 0 saturated carbocycles. The van der Waals surface area contributed by atoms with Gasteiger partial charge in [0, 0.05) is 5.02 Å². The normalized spacial score (nSPS) is 10.3. The van der Waals surface area contributed by atoms with E-state index in [2.05, 4.69) is 15.9 Å². The molecule has 0 spiro atoms. The lowest BCUT2D eigenvalue weighted by molar-refractivity contribution is 0.475. The van der Waals surface area contributed by atoms with Crippen LogP contribution in [0.4, 0.5) is 0 Å². The van der Waals surface area contributed by atoms with Crippen LogP contribution in [0, 0.1) is 12.3 Å². The fourth-order valence-corrected chi connectivity index (χ4v) is 2.43. The molecule has 19 heavy (non-hydrogen) atoms. The van der Waals surface area contributed by atoms with Crippen LogP contribution in [0.3, 0.4) is 0 Å². The lowest BCUT2D eigenvalue weighted by Crippen LogP contribution is -2.12. The minimum Gasteiger partial charge on any atom is -0.455 e. The number of halogens is 2. The summed E-state index contributed by atoms with van der Waals surface area (Å²) in [6.07, 6.45) is 0. The standard InChI is InChI=1S/C14H12BrClN2O/c1-8-3-2-4-10(14(17)18)13(8)19-12-6-5-9(16)7-11(12)15/h2-7H,1H3,(H3,17,18). The number of amidine groups is 1. The molecule has 0 aromatic heterocycles. The molecular weight excluding hydrogens is 328 g/mol. The van der Waals surface area contributed by atoms with E-state index >= 15 is 0 Å². The van der Waals surface area contributed by atoms with Crippen LogP contribution in [-0.4, -0.2) is 5.84 Å². The molecule has 3 nitrogen and oxygen atoms in total. The van der Waals surface area contributed by atoms with Crippen molar-refractivity contribution >= 4 is 33.4 Å². The summed E-state index contributed by atoms with van der Waals surface area (Å²) in [7, 11) is 0. The number of aryl methyl sites for hydroxylation is 1. The molecule has 0 radical (unpaired) electrons. The monoisotopic (exact) mass is 338 g/mol. The second-order valence-corrected chi connectivity index (χ2v) is 5.33. The van der Waals surface area contributed by atoms with E-state index in [9.17, 15) is 0 Å². The maximum Gasteiger partial charge on any atom is 0.141 e. The van der Waals surface area contributed by atoms with E-state index in [0.29, 0.717) is 22.1 Å². The Hall–Kier alpha value is -1.52. The third-order valence-corrected chi connectivity index (χ3v) is 3.46. The van der Waals surface area contributed by atoms with Crippen LogP contribution in [-0.2, 0) is 0 Å². The molecule has 0 unspecified atom stereocenters. The maximum absolute atomic E-state index is 7.59. The number of ether oxygens (including phenoxy) is 1. The van der Waals surface area contributed by atoms with Crippen molar-refractivity contribution in [3.8, 4) is 11.5 Å². The number of hydrogen-bond acceptors (Lipinski definition) is 2. The minimum absolute atomic E-state index is 0.0243. The van der Waals surface area contributed by atoms with Crippen molar-refractivity contribution in [2.24, 2.45) is 5.73 Å². The first-order valence-corrected chi connectivity index (χ1v) is 6.73. The highest BCUT2D eigenvalue weighted by Gasteiger charge is 2.12. The zero-order valence-corrected chi connectivity index (χ0v) is 12.5. The van der Waals surface area contributed by atoms with E-state index in [-0.39, 0.29) is 5.84 Å². The summed E-state index contributed by atoms with van der Waals surface area (Å²) in [5.74, 6) is 1.18. The topological polar surface area (TPSA) is 59.1 Å². The summed E-state index contributed by atoms with van der Waals surface area (Å²) in [5.41, 5.74) is 7.05. The molecule has 2 rings (SSSR count). The molecule has 2 aromatic carbocycles. The summed E-state index contributed by atoms with van der Waals surface area (Å²) in [6, 6.07) is 10.8. The van der Waals surface area contributed by atoms with Gasteiger partial charge < -0.3 is 10.5 Å². The molecule has 0 fully saturated rings. The zero-order chi connectivity index (χ0) is 14.0. The highest BCUT2D eigenvalue weighted by molar-refractivity contribution is 9.10. The fraction of sp³-hybridized carbons (Fsp3) is 0.0714. The number of rotatable bonds is 3. The first-order chi connectivity index (χ1) is 8.99. The SMILES string of the molecule is Cc1cccc(C(=N)N)c1Oc1ccc(Cl)cc1Br. The number of benzene rings is 2. The lowest BCUT2D eigenvalue weighted by atomic mass is 10.1. The molecule has 0 aliphatic rings. The van der Waals surface area contributed by atoms with Gasteiger partial charge in [0.1, 0.15) is 17.3 Å². The van der Waals surface area contributed by atoms with Gasteiger partial charge in [0.25, 0.3) is 0 Å². The lowest BCUT2D eigenvalue weighted by Gasteiger charge is -2.14. The molecule has 5 heteroatoms. The van der Waals surface area contributed by atoms with Crippen molar-refractivity contribution in [1.29, 1.82) is 5.41 Å². The Morgan fingerprint density at radius 2 is 2.05 bits per heavy atom. The molecular formula is C14H12BrClN2O. The predicted octanol–water partition coefficient (Wildman–Crippen LogP) is 4.49. The minimum atomic E-state index is -0.0243. The van der Waals surface area contributed by atoms with Gasteiger partial charge in [0.05, 0.1) is 10.0 Å². The summed E-state index contributed by atoms with van der Waals surface area (Å²) in [4.78, 5) is 0. The van der Waals surface area contributed by atoms with Crippen LogP contribution in [0.5, 0.6) is 11.5 Å². The predicted molar refractivity (Wildman–Crippen MR) is 81.4 cm³/mol. The summed E-state index contributed by atoms with van der Waals surface area (Å²) in [6.45, 7) is 1.91. The van der Waals surface area contributed by atoms with E-state index in [1.165, 1.54) is 0 Å². The Kier molecular flexibility index (Phi) is 4.12. The van der Waals surface area contributed by atoms with E-state index in [4.69, 9.17) is 27.5 Å². The van der Waals surface area contributed by atoms with Crippen molar-refractivity contribution in [1.82, 2.24) is 0 Å². The second kappa shape index (κ2) is 5.63. The van der Waals surface area contributed by atoms with Gasteiger partial charge in [-0.15, -0.1) is 0 Å². The van der Waals surface area contributed by atoms with Crippen LogP contribution in [0.1, 0.15) is 11.1 Å². The van der Waals surface area contributed by atoms with Crippen molar-refractivity contribution in [2.45, 2.75) is 6.92 Å². The number of nitrogens with one attached hydrogen (secondary N) is 1. The van der Waals surface area contributed by atoms with E-state index in [0.717, 1.165) is 10.0 Å². The Morgan fingerprint density at radius 1 is 1.32 bits per heavy atom. The van der Waals surface area contributed by atoms with Crippen LogP contribution in [0.15, 0.2) is 40.9 Å². The summed E-state index contributed by atoms with van der Waals surface area (Å²) < 4.78 is 6.61. The molecule has 0 aliphatic carbocycles. The van der Waals surface area contributed by atoms with Crippen LogP contribution < -0.4 is 10.5 Å². The van der Waals surface area contributed by atoms with Gasteiger partial charge in [-0.05, 0) is 52.7 Å². The zero-order valence-electron chi connectivity index (χ0n) is 10.2. The van der Waals surface area contributed by atoms with Gasteiger partial charge in [-0.2, -0.15) is 0 Å². The molecule has 0 amide bonds. The highest BCUT2D eigenvalue weighted by atomic mass is 79.9. The van der Waals surface area contributed by atoms with Crippen molar-refractivity contribution < 1.29 is 4.74 Å². The Bertz CT molecular complexity index is 643. The van der Waals surface area contributed by atoms with E-state index in [1.54, 1.807) is 24.3 Å². The van der Waals surface area contributed by atoms with Crippen molar-refractivity contribution in [2.75, 3.05) is 0 Å². The molecule has 0 heterocycles. The smallest absolute Gasteiger partial charge is 0.141 e. The number of nitrogens with two attached hydrogens (primary N) is 1. The van der Waals surface area contributed by atoms with Gasteiger partial charge in [0.15, 0.2) is 0 Å². The summed E-state index contributed by atoms with van der Waals surface area (Å²) >= 11 is 9.29. The molecule has 3 N–H and O–H groups in total. The summed E-state index contributed by atoms with van der Waals surface area (Å²) in [5, 5.41) is 8.21. The van der Waals surface area contributed by atoms with Gasteiger partial charge >= 0.3 is 0 Å². The number of nitrogen functional groups attached to an aromatic ring is 1. The third kappa shape index (κ3) is 3.08. The molecule has 0 bridgehead atoms. The first-order valence-electron chi connectivity index (χ1n) is 5.56.